The molecule has 1 rings (SSSR count). The zero-order chi connectivity index (χ0) is 12.8. The third-order valence-corrected chi connectivity index (χ3v) is 2.77. The van der Waals surface area contributed by atoms with Crippen molar-refractivity contribution in [2.75, 3.05) is 27.2 Å². The highest BCUT2D eigenvalue weighted by molar-refractivity contribution is 5.26. The minimum absolute atomic E-state index is 0.132. The number of nitrogens with one attached hydrogen (secondary N) is 1. The number of likely N-dealkylation sites (N-methyl/N-ethyl adjacent to an activating group) is 1. The number of rotatable bonds is 6. The van der Waals surface area contributed by atoms with Crippen molar-refractivity contribution >= 4 is 0 Å². The molecule has 0 amide bonds. The van der Waals surface area contributed by atoms with Gasteiger partial charge >= 0.3 is 0 Å². The lowest BCUT2D eigenvalue weighted by Crippen LogP contribution is -2.31. The number of aryl methyl sites for hydroxylation is 1. The molecular weight excluding hydrogens is 215 g/mol. The lowest BCUT2D eigenvalue weighted by molar-refractivity contribution is 0.342. The monoisotopic (exact) mass is 238 g/mol. The average molecular weight is 238 g/mol. The molecule has 1 unspecified atom stereocenters. The van der Waals surface area contributed by atoms with Gasteiger partial charge in [0.25, 0.3) is 0 Å². The number of halogens is 1. The van der Waals surface area contributed by atoms with Crippen LogP contribution in [0.25, 0.3) is 0 Å². The number of nitrogens with zero attached hydrogens (tertiary/aromatic N) is 1. The van der Waals surface area contributed by atoms with Crippen LogP contribution in [-0.4, -0.2) is 32.1 Å². The van der Waals surface area contributed by atoms with Crippen molar-refractivity contribution in [1.82, 2.24) is 10.2 Å². The predicted octanol–water partition coefficient (Wildman–Crippen LogP) is 2.74. The average Bonchev–Trinajstić information content (AvgIpc) is 2.27. The molecule has 0 aromatic heterocycles. The molecule has 0 saturated carbocycles. The van der Waals surface area contributed by atoms with Crippen LogP contribution in [0.3, 0.4) is 0 Å². The van der Waals surface area contributed by atoms with Gasteiger partial charge in [0.1, 0.15) is 5.82 Å². The molecule has 3 heteroatoms. The molecule has 0 spiro atoms. The second-order valence-electron chi connectivity index (χ2n) is 4.78. The van der Waals surface area contributed by atoms with E-state index in [4.69, 9.17) is 0 Å². The van der Waals surface area contributed by atoms with Crippen LogP contribution < -0.4 is 5.32 Å². The third-order valence-electron chi connectivity index (χ3n) is 2.77. The van der Waals surface area contributed by atoms with E-state index in [0.717, 1.165) is 25.1 Å². The SMILES string of the molecule is CCCNC(CN(C)C)c1ccc(F)c(C)c1. The highest BCUT2D eigenvalue weighted by Crippen LogP contribution is 2.17. The largest absolute Gasteiger partial charge is 0.309 e. The van der Waals surface area contributed by atoms with Gasteiger partial charge in [-0.15, -0.1) is 0 Å². The molecular formula is C14H23FN2. The summed E-state index contributed by atoms with van der Waals surface area (Å²) in [5.41, 5.74) is 1.87. The first kappa shape index (κ1) is 14.1. The number of hydrogen-bond acceptors (Lipinski definition) is 2. The summed E-state index contributed by atoms with van der Waals surface area (Å²) in [5, 5.41) is 3.50. The summed E-state index contributed by atoms with van der Waals surface area (Å²) < 4.78 is 13.2. The van der Waals surface area contributed by atoms with E-state index in [0.29, 0.717) is 5.56 Å². The zero-order valence-electron chi connectivity index (χ0n) is 11.3. The maximum absolute atomic E-state index is 13.2. The van der Waals surface area contributed by atoms with Gasteiger partial charge in [0.15, 0.2) is 0 Å². The van der Waals surface area contributed by atoms with E-state index >= 15 is 0 Å². The molecule has 0 aliphatic rings. The Balaban J connectivity index is 2.83. The van der Waals surface area contributed by atoms with Gasteiger partial charge in [-0.3, -0.25) is 0 Å². The van der Waals surface area contributed by atoms with Crippen molar-refractivity contribution in [2.45, 2.75) is 26.3 Å². The molecule has 0 fully saturated rings. The molecule has 0 heterocycles. The fourth-order valence-corrected chi connectivity index (χ4v) is 1.86. The van der Waals surface area contributed by atoms with Crippen LogP contribution in [0.15, 0.2) is 18.2 Å². The molecule has 0 aliphatic carbocycles. The van der Waals surface area contributed by atoms with Crippen LogP contribution in [0.2, 0.25) is 0 Å². The van der Waals surface area contributed by atoms with E-state index in [1.165, 1.54) is 0 Å². The van der Waals surface area contributed by atoms with Gasteiger partial charge in [0.05, 0.1) is 0 Å². The quantitative estimate of drug-likeness (QED) is 0.820. The molecule has 0 aliphatic heterocycles. The van der Waals surface area contributed by atoms with Crippen LogP contribution in [-0.2, 0) is 0 Å². The molecule has 1 atom stereocenters. The Bertz CT molecular complexity index is 350. The van der Waals surface area contributed by atoms with Gasteiger partial charge in [-0.05, 0) is 51.2 Å². The van der Waals surface area contributed by atoms with E-state index in [1.807, 2.05) is 19.1 Å². The van der Waals surface area contributed by atoms with Gasteiger partial charge in [-0.2, -0.15) is 0 Å². The summed E-state index contributed by atoms with van der Waals surface area (Å²) in [6, 6.07) is 5.64. The molecule has 96 valence electrons. The first-order valence-corrected chi connectivity index (χ1v) is 6.18. The fraction of sp³-hybridized carbons (Fsp3) is 0.571. The molecule has 0 bridgehead atoms. The minimum atomic E-state index is -0.132. The minimum Gasteiger partial charge on any atom is -0.309 e. The smallest absolute Gasteiger partial charge is 0.126 e. The zero-order valence-corrected chi connectivity index (χ0v) is 11.3. The van der Waals surface area contributed by atoms with Gasteiger partial charge in [0, 0.05) is 12.6 Å². The Morgan fingerprint density at radius 2 is 2.06 bits per heavy atom. The Labute approximate surface area is 104 Å². The molecule has 1 aromatic carbocycles. The van der Waals surface area contributed by atoms with Crippen molar-refractivity contribution in [3.05, 3.63) is 35.1 Å². The molecule has 1 aromatic rings. The molecule has 17 heavy (non-hydrogen) atoms. The van der Waals surface area contributed by atoms with Crippen LogP contribution in [0.1, 0.15) is 30.5 Å². The van der Waals surface area contributed by atoms with E-state index in [2.05, 4.69) is 31.2 Å². The van der Waals surface area contributed by atoms with Crippen LogP contribution in [0, 0.1) is 12.7 Å². The van der Waals surface area contributed by atoms with Crippen molar-refractivity contribution in [2.24, 2.45) is 0 Å². The summed E-state index contributed by atoms with van der Waals surface area (Å²) >= 11 is 0. The molecule has 1 N–H and O–H groups in total. The third kappa shape index (κ3) is 4.44. The van der Waals surface area contributed by atoms with Crippen molar-refractivity contribution in [3.63, 3.8) is 0 Å². The lowest BCUT2D eigenvalue weighted by atomic mass is 10.0. The van der Waals surface area contributed by atoms with E-state index < -0.39 is 0 Å². The fourth-order valence-electron chi connectivity index (χ4n) is 1.86. The van der Waals surface area contributed by atoms with Crippen LogP contribution in [0.4, 0.5) is 4.39 Å². The second kappa shape index (κ2) is 6.72. The van der Waals surface area contributed by atoms with Gasteiger partial charge in [-0.25, -0.2) is 4.39 Å². The summed E-state index contributed by atoms with van der Waals surface area (Å²) in [6.07, 6.45) is 1.10. The van der Waals surface area contributed by atoms with Crippen LogP contribution in [0.5, 0.6) is 0 Å². The summed E-state index contributed by atoms with van der Waals surface area (Å²) in [4.78, 5) is 2.14. The first-order chi connectivity index (χ1) is 8.04. The van der Waals surface area contributed by atoms with Crippen molar-refractivity contribution in [3.8, 4) is 0 Å². The highest BCUT2D eigenvalue weighted by Gasteiger charge is 2.12. The summed E-state index contributed by atoms with van der Waals surface area (Å²) in [7, 11) is 4.11. The standard InChI is InChI=1S/C14H23FN2/c1-5-8-16-14(10-17(3)4)12-6-7-13(15)11(2)9-12/h6-7,9,14,16H,5,8,10H2,1-4H3. The molecule has 0 radical (unpaired) electrons. The second-order valence-corrected chi connectivity index (χ2v) is 4.78. The van der Waals surface area contributed by atoms with Gasteiger partial charge < -0.3 is 10.2 Å². The molecule has 0 saturated heterocycles. The summed E-state index contributed by atoms with van der Waals surface area (Å²) in [6.45, 7) is 5.86. The first-order valence-electron chi connectivity index (χ1n) is 6.18. The number of hydrogen-bond donors (Lipinski definition) is 1. The van der Waals surface area contributed by atoms with E-state index in [9.17, 15) is 4.39 Å². The topological polar surface area (TPSA) is 15.3 Å². The predicted molar refractivity (Wildman–Crippen MR) is 70.7 cm³/mol. The van der Waals surface area contributed by atoms with Crippen molar-refractivity contribution in [1.29, 1.82) is 0 Å². The number of benzene rings is 1. The Hall–Kier alpha value is -0.930. The van der Waals surface area contributed by atoms with E-state index in [1.54, 1.807) is 6.07 Å². The maximum Gasteiger partial charge on any atom is 0.126 e. The highest BCUT2D eigenvalue weighted by atomic mass is 19.1. The van der Waals surface area contributed by atoms with Gasteiger partial charge in [0.2, 0.25) is 0 Å². The Kier molecular flexibility index (Phi) is 5.59. The lowest BCUT2D eigenvalue weighted by Gasteiger charge is -2.23. The summed E-state index contributed by atoms with van der Waals surface area (Å²) in [5.74, 6) is -0.132. The van der Waals surface area contributed by atoms with Gasteiger partial charge in [-0.1, -0.05) is 19.1 Å². The molecule has 2 nitrogen and oxygen atoms in total. The van der Waals surface area contributed by atoms with E-state index in [-0.39, 0.29) is 11.9 Å². The van der Waals surface area contributed by atoms with Crippen LogP contribution >= 0.6 is 0 Å². The normalized spacial score (nSPS) is 13.1. The Morgan fingerprint density at radius 3 is 2.59 bits per heavy atom. The van der Waals surface area contributed by atoms with Crippen molar-refractivity contribution < 1.29 is 4.39 Å². The maximum atomic E-state index is 13.2. The Morgan fingerprint density at radius 1 is 1.35 bits per heavy atom.